The molecule has 0 radical (unpaired) electrons. The van der Waals surface area contributed by atoms with E-state index in [-0.39, 0.29) is 35.9 Å². The van der Waals surface area contributed by atoms with Crippen LogP contribution in [0.2, 0.25) is 0 Å². The number of aromatic nitrogens is 3. The van der Waals surface area contributed by atoms with E-state index >= 15 is 0 Å². The summed E-state index contributed by atoms with van der Waals surface area (Å²) in [7, 11) is 1.84. The second kappa shape index (κ2) is 6.47. The second-order valence-electron chi connectivity index (χ2n) is 6.36. The van der Waals surface area contributed by atoms with Crippen LogP contribution in [-0.4, -0.2) is 62.2 Å². The van der Waals surface area contributed by atoms with Crippen molar-refractivity contribution in [2.75, 3.05) is 25.0 Å². The summed E-state index contributed by atoms with van der Waals surface area (Å²) >= 11 is 0. The monoisotopic (exact) mass is 344 g/mol. The van der Waals surface area contributed by atoms with Crippen LogP contribution in [0.5, 0.6) is 11.6 Å². The molecule has 3 N–H and O–H groups in total. The first-order valence-electron chi connectivity index (χ1n) is 8.06. The van der Waals surface area contributed by atoms with Crippen LogP contribution in [0.15, 0.2) is 6.33 Å². The Morgan fingerprint density at radius 3 is 3.00 bits per heavy atom. The maximum atomic E-state index is 12.1. The lowest BCUT2D eigenvalue weighted by Crippen LogP contribution is -2.52. The van der Waals surface area contributed by atoms with Gasteiger partial charge in [-0.15, -0.1) is 0 Å². The third-order valence-electron chi connectivity index (χ3n) is 4.86. The maximum absolute atomic E-state index is 12.1. The highest BCUT2D eigenvalue weighted by molar-refractivity contribution is 5.95. The van der Waals surface area contributed by atoms with Crippen molar-refractivity contribution >= 4 is 22.8 Å². The zero-order valence-electron chi connectivity index (χ0n) is 14.1. The van der Waals surface area contributed by atoms with E-state index in [2.05, 4.69) is 21.9 Å². The summed E-state index contributed by atoms with van der Waals surface area (Å²) in [6, 6.07) is 1.86. The first kappa shape index (κ1) is 16.8. The van der Waals surface area contributed by atoms with Crippen molar-refractivity contribution in [3.8, 4) is 17.7 Å². The van der Waals surface area contributed by atoms with Gasteiger partial charge in [0.1, 0.15) is 29.6 Å². The second-order valence-corrected chi connectivity index (χ2v) is 6.36. The lowest BCUT2D eigenvalue weighted by Gasteiger charge is -2.42. The molecule has 3 rings (SSSR count). The Labute approximate surface area is 144 Å². The minimum atomic E-state index is -0.354. The quantitative estimate of drug-likeness (QED) is 0.756. The van der Waals surface area contributed by atoms with Gasteiger partial charge in [0, 0.05) is 20.1 Å². The van der Waals surface area contributed by atoms with Gasteiger partial charge < -0.3 is 25.0 Å². The Morgan fingerprint density at radius 2 is 2.28 bits per heavy atom. The Bertz CT molecular complexity index is 842. The topological polar surface area (TPSA) is 129 Å². The van der Waals surface area contributed by atoms with Crippen LogP contribution < -0.4 is 4.90 Å². The minimum absolute atomic E-state index is 0.0362. The van der Waals surface area contributed by atoms with Gasteiger partial charge in [-0.25, -0.2) is 9.97 Å². The van der Waals surface area contributed by atoms with Crippen LogP contribution >= 0.6 is 0 Å². The SMILES string of the molecule is CC1CCN(C(=O)CC#N)CC1N(C)c1ncnc2[nH]c(O)c(O)c12. The van der Waals surface area contributed by atoms with Gasteiger partial charge in [0.05, 0.1) is 12.1 Å². The highest BCUT2D eigenvalue weighted by Crippen LogP contribution is 2.38. The first-order valence-corrected chi connectivity index (χ1v) is 8.06. The molecule has 0 aromatic carbocycles. The number of hydrogen-bond donors (Lipinski definition) is 3. The smallest absolute Gasteiger partial charge is 0.236 e. The molecule has 0 saturated carbocycles. The van der Waals surface area contributed by atoms with E-state index in [0.29, 0.717) is 29.9 Å². The van der Waals surface area contributed by atoms with E-state index in [1.165, 1.54) is 6.33 Å². The lowest BCUT2D eigenvalue weighted by molar-refractivity contribution is -0.131. The number of piperidine rings is 1. The number of aromatic amines is 1. The molecule has 1 saturated heterocycles. The molecular weight excluding hydrogens is 324 g/mol. The van der Waals surface area contributed by atoms with E-state index in [0.717, 1.165) is 6.42 Å². The van der Waals surface area contributed by atoms with Gasteiger partial charge in [0.2, 0.25) is 11.8 Å². The number of aromatic hydroxyl groups is 2. The predicted octanol–water partition coefficient (Wildman–Crippen LogP) is 0.956. The van der Waals surface area contributed by atoms with Crippen molar-refractivity contribution in [1.82, 2.24) is 19.9 Å². The highest BCUT2D eigenvalue weighted by Gasteiger charge is 2.33. The molecule has 2 aromatic rings. The fourth-order valence-corrected chi connectivity index (χ4v) is 3.36. The number of likely N-dealkylation sites (N-methyl/N-ethyl adjacent to an activating group) is 1. The van der Waals surface area contributed by atoms with Crippen molar-refractivity contribution in [2.45, 2.75) is 25.8 Å². The normalized spacial score (nSPS) is 20.4. The molecule has 2 aromatic heterocycles. The summed E-state index contributed by atoms with van der Waals surface area (Å²) in [5, 5.41) is 28.9. The zero-order chi connectivity index (χ0) is 18.1. The number of likely N-dealkylation sites (tertiary alicyclic amines) is 1. The summed E-state index contributed by atoms with van der Waals surface area (Å²) < 4.78 is 0. The first-order chi connectivity index (χ1) is 11.9. The molecule has 0 spiro atoms. The zero-order valence-corrected chi connectivity index (χ0v) is 14.1. The summed E-state index contributed by atoms with van der Waals surface area (Å²) in [4.78, 5) is 26.5. The van der Waals surface area contributed by atoms with E-state index < -0.39 is 0 Å². The van der Waals surface area contributed by atoms with Crippen LogP contribution in [-0.2, 0) is 4.79 Å². The van der Waals surface area contributed by atoms with Crippen LogP contribution in [0.25, 0.3) is 11.0 Å². The van der Waals surface area contributed by atoms with Crippen molar-refractivity contribution in [3.63, 3.8) is 0 Å². The van der Waals surface area contributed by atoms with Gasteiger partial charge in [-0.05, 0) is 12.3 Å². The van der Waals surface area contributed by atoms with Gasteiger partial charge in [0.25, 0.3) is 0 Å². The van der Waals surface area contributed by atoms with E-state index in [1.54, 1.807) is 4.90 Å². The van der Waals surface area contributed by atoms with Crippen LogP contribution in [0.1, 0.15) is 19.8 Å². The number of rotatable bonds is 3. The Hall–Kier alpha value is -3.02. The summed E-state index contributed by atoms with van der Waals surface area (Å²) in [6.45, 7) is 3.20. The maximum Gasteiger partial charge on any atom is 0.236 e. The Kier molecular flexibility index (Phi) is 4.35. The molecule has 2 atom stereocenters. The largest absolute Gasteiger partial charge is 0.503 e. The molecule has 0 bridgehead atoms. The number of H-pyrrole nitrogens is 1. The van der Waals surface area contributed by atoms with Crippen molar-refractivity contribution in [2.24, 2.45) is 5.92 Å². The Balaban J connectivity index is 1.93. The molecule has 3 heterocycles. The number of nitrogens with zero attached hydrogens (tertiary/aromatic N) is 5. The average molecular weight is 344 g/mol. The predicted molar refractivity (Wildman–Crippen MR) is 90.0 cm³/mol. The number of carbonyl (C=O) groups excluding carboxylic acids is 1. The van der Waals surface area contributed by atoms with Crippen molar-refractivity contribution in [1.29, 1.82) is 5.26 Å². The van der Waals surface area contributed by atoms with Crippen molar-refractivity contribution < 1.29 is 15.0 Å². The number of amides is 1. The Morgan fingerprint density at radius 1 is 1.52 bits per heavy atom. The fourth-order valence-electron chi connectivity index (χ4n) is 3.36. The molecule has 9 nitrogen and oxygen atoms in total. The number of nitriles is 1. The van der Waals surface area contributed by atoms with Gasteiger partial charge in [0.15, 0.2) is 5.75 Å². The average Bonchev–Trinajstić information content (AvgIpc) is 2.89. The molecule has 25 heavy (non-hydrogen) atoms. The summed E-state index contributed by atoms with van der Waals surface area (Å²) in [6.07, 6.45) is 2.04. The molecule has 1 aliphatic heterocycles. The van der Waals surface area contributed by atoms with Crippen LogP contribution in [0.3, 0.4) is 0 Å². The third kappa shape index (κ3) is 2.91. The van der Waals surface area contributed by atoms with Gasteiger partial charge >= 0.3 is 0 Å². The number of anilines is 1. The highest BCUT2D eigenvalue weighted by atomic mass is 16.3. The summed E-state index contributed by atoms with van der Waals surface area (Å²) in [5.74, 6) is -0.0601. The molecule has 0 aliphatic carbocycles. The molecule has 132 valence electrons. The van der Waals surface area contributed by atoms with Crippen LogP contribution in [0, 0.1) is 17.2 Å². The molecular formula is C16H20N6O3. The van der Waals surface area contributed by atoms with E-state index in [9.17, 15) is 15.0 Å². The number of nitrogens with one attached hydrogen (secondary N) is 1. The summed E-state index contributed by atoms with van der Waals surface area (Å²) in [5.41, 5.74) is 0.340. The fraction of sp³-hybridized carbons (Fsp3) is 0.500. The lowest BCUT2D eigenvalue weighted by atomic mass is 9.92. The number of hydrogen-bond acceptors (Lipinski definition) is 7. The number of carbonyl (C=O) groups is 1. The molecule has 1 amide bonds. The van der Waals surface area contributed by atoms with Gasteiger partial charge in [-0.1, -0.05) is 6.92 Å². The van der Waals surface area contributed by atoms with Gasteiger partial charge in [-0.3, -0.25) is 4.79 Å². The number of fused-ring (bicyclic) bond motifs is 1. The molecule has 1 aliphatic rings. The molecule has 1 fully saturated rings. The van der Waals surface area contributed by atoms with Gasteiger partial charge in [-0.2, -0.15) is 5.26 Å². The third-order valence-corrected chi connectivity index (χ3v) is 4.86. The minimum Gasteiger partial charge on any atom is -0.503 e. The van der Waals surface area contributed by atoms with E-state index in [1.807, 2.05) is 18.0 Å². The molecule has 9 heteroatoms. The van der Waals surface area contributed by atoms with Crippen LogP contribution in [0.4, 0.5) is 5.82 Å². The molecule has 2 unspecified atom stereocenters. The standard InChI is InChI=1S/C16H20N6O3/c1-9-4-6-22(11(23)3-5-17)7-10(9)21(2)15-12-13(24)16(25)20-14(12)18-8-19-15/h8-10,24-25H,3-4,6-7H2,1-2H3,(H,18,19,20). The van der Waals surface area contributed by atoms with E-state index in [4.69, 9.17) is 5.26 Å². The van der Waals surface area contributed by atoms with Crippen molar-refractivity contribution in [3.05, 3.63) is 6.33 Å².